The molecule has 0 radical (unpaired) electrons. The average Bonchev–Trinajstić information content (AvgIpc) is 3.17. The second kappa shape index (κ2) is 7.98. The van der Waals surface area contributed by atoms with E-state index < -0.39 is 0 Å². The van der Waals surface area contributed by atoms with Crippen molar-refractivity contribution >= 4 is 27.9 Å². The lowest BCUT2D eigenvalue weighted by Crippen LogP contribution is -2.28. The molecular weight excluding hydrogens is 412 g/mol. The Labute approximate surface area is 204 Å². The van der Waals surface area contributed by atoms with E-state index in [0.717, 1.165) is 13.1 Å². The summed E-state index contributed by atoms with van der Waals surface area (Å²) in [5.41, 5.74) is 9.57. The van der Waals surface area contributed by atoms with Crippen molar-refractivity contribution in [3.8, 4) is 0 Å². The lowest BCUT2D eigenvalue weighted by Gasteiger charge is -2.25. The van der Waals surface area contributed by atoms with Gasteiger partial charge in [-0.25, -0.2) is 0 Å². The summed E-state index contributed by atoms with van der Waals surface area (Å²) in [5, 5.41) is 2.65. The number of anilines is 1. The minimum Gasteiger partial charge on any atom is -0.344 e. The van der Waals surface area contributed by atoms with Crippen LogP contribution in [0.5, 0.6) is 0 Å². The van der Waals surface area contributed by atoms with Gasteiger partial charge in [-0.15, -0.1) is 0 Å². The van der Waals surface area contributed by atoms with Crippen molar-refractivity contribution in [2.24, 2.45) is 0 Å². The maximum Gasteiger partial charge on any atom is 0.217 e. The number of allylic oxidation sites excluding steroid dienone is 4. The molecule has 2 heteroatoms. The Morgan fingerprint density at radius 1 is 0.882 bits per heavy atom. The number of hydrogen-bond acceptors (Lipinski definition) is 1. The number of likely N-dealkylation sites (N-methyl/N-ethyl adjacent to an activating group) is 1. The van der Waals surface area contributed by atoms with Gasteiger partial charge in [0.1, 0.15) is 6.54 Å². The second-order valence-corrected chi connectivity index (χ2v) is 10.7. The molecule has 174 valence electrons. The molecule has 0 unspecified atom stereocenters. The van der Waals surface area contributed by atoms with E-state index in [-0.39, 0.29) is 10.8 Å². The van der Waals surface area contributed by atoms with Crippen molar-refractivity contribution in [1.82, 2.24) is 0 Å². The fourth-order valence-electron chi connectivity index (χ4n) is 6.13. The third kappa shape index (κ3) is 3.19. The van der Waals surface area contributed by atoms with E-state index in [2.05, 4.69) is 131 Å². The van der Waals surface area contributed by atoms with E-state index in [4.69, 9.17) is 0 Å². The molecule has 2 nitrogen and oxygen atoms in total. The summed E-state index contributed by atoms with van der Waals surface area (Å²) in [6.07, 6.45) is 6.98. The lowest BCUT2D eigenvalue weighted by atomic mass is 9.80. The number of aryl methyl sites for hydroxylation is 1. The monoisotopic (exact) mass is 449 g/mol. The predicted octanol–water partition coefficient (Wildman–Crippen LogP) is 7.80. The molecule has 0 spiro atoms. The average molecular weight is 450 g/mol. The summed E-state index contributed by atoms with van der Waals surface area (Å²) < 4.78 is 2.52. The molecule has 0 saturated heterocycles. The number of fused-ring (bicyclic) bond motifs is 4. The van der Waals surface area contributed by atoms with Crippen LogP contribution in [0.3, 0.4) is 0 Å². The van der Waals surface area contributed by atoms with Gasteiger partial charge in [0.05, 0.1) is 10.8 Å². The van der Waals surface area contributed by atoms with Crippen molar-refractivity contribution in [3.05, 3.63) is 95.2 Å². The van der Waals surface area contributed by atoms with Gasteiger partial charge in [-0.05, 0) is 63.8 Å². The number of hydrogen-bond donors (Lipinski definition) is 0. The molecule has 0 atom stereocenters. The minimum absolute atomic E-state index is 0.0127. The molecule has 0 N–H and O–H groups in total. The van der Waals surface area contributed by atoms with Gasteiger partial charge in [-0.3, -0.25) is 0 Å². The summed E-state index contributed by atoms with van der Waals surface area (Å²) >= 11 is 0. The molecule has 5 rings (SSSR count). The normalized spacial score (nSPS) is 19.5. The Bertz CT molecular complexity index is 1380. The predicted molar refractivity (Wildman–Crippen MR) is 147 cm³/mol. The highest BCUT2D eigenvalue weighted by molar-refractivity contribution is 6.07. The Kier molecular flexibility index (Phi) is 5.31. The van der Waals surface area contributed by atoms with Crippen molar-refractivity contribution in [1.29, 1.82) is 0 Å². The molecule has 0 saturated carbocycles. The fraction of sp³-hybridized carbons (Fsp3) is 0.344. The molecular formula is C32H37N2+. The molecule has 0 aromatic heterocycles. The van der Waals surface area contributed by atoms with Crippen LogP contribution in [-0.2, 0) is 10.8 Å². The Morgan fingerprint density at radius 2 is 1.65 bits per heavy atom. The van der Waals surface area contributed by atoms with Crippen molar-refractivity contribution < 1.29 is 4.58 Å². The topological polar surface area (TPSA) is 6.25 Å². The first-order valence-electron chi connectivity index (χ1n) is 12.7. The van der Waals surface area contributed by atoms with Gasteiger partial charge < -0.3 is 4.90 Å². The van der Waals surface area contributed by atoms with Crippen LogP contribution in [0.25, 0.3) is 10.8 Å². The Balaban J connectivity index is 1.60. The molecule has 0 amide bonds. The van der Waals surface area contributed by atoms with Gasteiger partial charge in [0.15, 0.2) is 5.71 Å². The molecule has 0 fully saturated rings. The number of benzene rings is 3. The van der Waals surface area contributed by atoms with Gasteiger partial charge >= 0.3 is 0 Å². The van der Waals surface area contributed by atoms with Crippen LogP contribution in [0.4, 0.5) is 11.4 Å². The van der Waals surface area contributed by atoms with Crippen LogP contribution in [0.2, 0.25) is 0 Å². The molecule has 34 heavy (non-hydrogen) atoms. The van der Waals surface area contributed by atoms with E-state index >= 15 is 0 Å². The summed E-state index contributed by atoms with van der Waals surface area (Å²) in [4.78, 5) is 2.48. The van der Waals surface area contributed by atoms with Gasteiger partial charge in [0.25, 0.3) is 0 Å². The molecule has 3 aromatic carbocycles. The highest BCUT2D eigenvalue weighted by atomic mass is 15.2. The molecule has 3 aromatic rings. The highest BCUT2D eigenvalue weighted by Crippen LogP contribution is 2.48. The van der Waals surface area contributed by atoms with E-state index in [0.29, 0.717) is 0 Å². The third-order valence-corrected chi connectivity index (χ3v) is 7.96. The highest BCUT2D eigenvalue weighted by Gasteiger charge is 2.45. The van der Waals surface area contributed by atoms with Crippen LogP contribution < -0.4 is 4.90 Å². The smallest absolute Gasteiger partial charge is 0.217 e. The lowest BCUT2D eigenvalue weighted by molar-refractivity contribution is -0.431. The van der Waals surface area contributed by atoms with E-state index in [1.165, 1.54) is 50.2 Å². The molecule has 0 aliphatic carbocycles. The summed E-state index contributed by atoms with van der Waals surface area (Å²) in [6, 6.07) is 20.3. The van der Waals surface area contributed by atoms with E-state index in [1.54, 1.807) is 0 Å². The molecule has 2 aliphatic rings. The molecule has 0 bridgehead atoms. The van der Waals surface area contributed by atoms with Gasteiger partial charge in [0.2, 0.25) is 5.69 Å². The number of rotatable bonds is 4. The molecule has 2 aliphatic heterocycles. The zero-order chi connectivity index (χ0) is 24.3. The first kappa shape index (κ1) is 22.7. The van der Waals surface area contributed by atoms with Crippen molar-refractivity contribution in [2.75, 3.05) is 18.0 Å². The van der Waals surface area contributed by atoms with Crippen LogP contribution >= 0.6 is 0 Å². The second-order valence-electron chi connectivity index (χ2n) is 10.7. The zero-order valence-corrected chi connectivity index (χ0v) is 21.7. The number of nitrogens with zero attached hydrogens (tertiary/aromatic N) is 2. The Morgan fingerprint density at radius 3 is 2.38 bits per heavy atom. The van der Waals surface area contributed by atoms with Gasteiger partial charge in [-0.2, -0.15) is 4.58 Å². The van der Waals surface area contributed by atoms with Crippen LogP contribution in [0.1, 0.15) is 58.2 Å². The minimum atomic E-state index is -0.0416. The zero-order valence-electron chi connectivity index (χ0n) is 21.7. The summed E-state index contributed by atoms with van der Waals surface area (Å²) in [6.45, 7) is 18.1. The maximum atomic E-state index is 2.52. The van der Waals surface area contributed by atoms with Crippen LogP contribution in [0, 0.1) is 6.92 Å². The summed E-state index contributed by atoms with van der Waals surface area (Å²) in [5.74, 6) is 0. The fourth-order valence-corrected chi connectivity index (χ4v) is 6.13. The standard InChI is InChI=1S/C32H37N2/c1-8-33-27-20-17-22(3)21-26(27)32(6,7)28(33)15-12-16-29-31(4,5)25-19-18-23-13-10-11-14-24(23)30(25)34(29)9-2/h10-21H,8-9H2,1-7H3/q+1. The van der Waals surface area contributed by atoms with Crippen molar-refractivity contribution in [2.45, 2.75) is 59.3 Å². The third-order valence-electron chi connectivity index (χ3n) is 7.96. The van der Waals surface area contributed by atoms with Gasteiger partial charge in [-0.1, -0.05) is 68.0 Å². The Hall–Kier alpha value is -3.13. The maximum absolute atomic E-state index is 2.52. The van der Waals surface area contributed by atoms with E-state index in [9.17, 15) is 0 Å². The summed E-state index contributed by atoms with van der Waals surface area (Å²) in [7, 11) is 0. The van der Waals surface area contributed by atoms with Crippen LogP contribution in [0.15, 0.2) is 78.5 Å². The molecule has 2 heterocycles. The van der Waals surface area contributed by atoms with Gasteiger partial charge in [0, 0.05) is 35.0 Å². The SMILES string of the molecule is CCN1/C(=C/C=C/C2=[N+](CC)c3c(ccc4ccccc34)C2(C)C)C(C)(C)c2cc(C)ccc21. The quantitative estimate of drug-likeness (QED) is 0.368. The largest absolute Gasteiger partial charge is 0.344 e. The van der Waals surface area contributed by atoms with E-state index in [1.807, 2.05) is 0 Å². The first-order chi connectivity index (χ1) is 16.2. The van der Waals surface area contributed by atoms with Crippen molar-refractivity contribution in [3.63, 3.8) is 0 Å². The van der Waals surface area contributed by atoms with Crippen LogP contribution in [-0.4, -0.2) is 23.4 Å². The first-order valence-corrected chi connectivity index (χ1v) is 12.7.